The molecule has 0 aromatic heterocycles. The summed E-state index contributed by atoms with van der Waals surface area (Å²) in [5.74, 6) is 0.455. The number of nitrogens with one attached hydrogen (secondary N) is 1. The largest absolute Gasteiger partial charge is 0.381 e. The fourth-order valence-corrected chi connectivity index (χ4v) is 1.21. The fraction of sp³-hybridized carbons (Fsp3) is 0.857. The number of nitrogens with two attached hydrogens (primary N) is 1. The predicted octanol–water partition coefficient (Wildman–Crippen LogP) is 0.0813. The van der Waals surface area contributed by atoms with Gasteiger partial charge < -0.3 is 15.8 Å². The van der Waals surface area contributed by atoms with Gasteiger partial charge in [0.05, 0.1) is 6.61 Å². The van der Waals surface area contributed by atoms with Crippen LogP contribution in [0.1, 0.15) is 12.8 Å². The Morgan fingerprint density at radius 3 is 3.09 bits per heavy atom. The highest BCUT2D eigenvalue weighted by Crippen LogP contribution is 2.11. The lowest BCUT2D eigenvalue weighted by atomic mass is 10.0. The normalized spacial score (nSPS) is 24.5. The molecule has 0 saturated carbocycles. The first-order chi connectivity index (χ1) is 5.29. The summed E-state index contributed by atoms with van der Waals surface area (Å²) in [7, 11) is 0. The van der Waals surface area contributed by atoms with Gasteiger partial charge in [-0.25, -0.2) is 4.79 Å². The second kappa shape index (κ2) is 4.18. The molecule has 3 N–H and O–H groups in total. The Labute approximate surface area is 66.1 Å². The summed E-state index contributed by atoms with van der Waals surface area (Å²) in [5.41, 5.74) is 4.92. The molecule has 1 fully saturated rings. The SMILES string of the molecule is NC(=O)NCC1CCCOC1. The van der Waals surface area contributed by atoms with Crippen molar-refractivity contribution in [3.8, 4) is 0 Å². The maximum absolute atomic E-state index is 10.3. The zero-order valence-electron chi connectivity index (χ0n) is 6.51. The van der Waals surface area contributed by atoms with Crippen molar-refractivity contribution in [1.29, 1.82) is 0 Å². The number of urea groups is 1. The Balaban J connectivity index is 2.09. The van der Waals surface area contributed by atoms with E-state index in [9.17, 15) is 4.79 Å². The van der Waals surface area contributed by atoms with Gasteiger partial charge in [0.25, 0.3) is 0 Å². The number of hydrogen-bond donors (Lipinski definition) is 2. The van der Waals surface area contributed by atoms with Crippen LogP contribution in [-0.4, -0.2) is 25.8 Å². The van der Waals surface area contributed by atoms with Gasteiger partial charge >= 0.3 is 6.03 Å². The molecule has 0 aromatic rings. The highest BCUT2D eigenvalue weighted by atomic mass is 16.5. The molecule has 4 heteroatoms. The predicted molar refractivity (Wildman–Crippen MR) is 41.1 cm³/mol. The van der Waals surface area contributed by atoms with Crippen LogP contribution in [0, 0.1) is 5.92 Å². The van der Waals surface area contributed by atoms with Crippen molar-refractivity contribution in [1.82, 2.24) is 5.32 Å². The Morgan fingerprint density at radius 2 is 2.55 bits per heavy atom. The molecular weight excluding hydrogens is 144 g/mol. The lowest BCUT2D eigenvalue weighted by Gasteiger charge is -2.21. The number of rotatable bonds is 2. The fourth-order valence-electron chi connectivity index (χ4n) is 1.21. The number of carbonyl (C=O) groups excluding carboxylic acids is 1. The topological polar surface area (TPSA) is 64.4 Å². The number of hydrogen-bond acceptors (Lipinski definition) is 2. The van der Waals surface area contributed by atoms with Crippen LogP contribution in [0.5, 0.6) is 0 Å². The summed E-state index contributed by atoms with van der Waals surface area (Å²) >= 11 is 0. The molecule has 0 aromatic carbocycles. The number of amides is 2. The minimum Gasteiger partial charge on any atom is -0.381 e. The second-order valence-corrected chi connectivity index (χ2v) is 2.83. The molecule has 0 spiro atoms. The molecule has 1 atom stereocenters. The van der Waals surface area contributed by atoms with Gasteiger partial charge in [0.15, 0.2) is 0 Å². The van der Waals surface area contributed by atoms with Crippen molar-refractivity contribution >= 4 is 6.03 Å². The standard InChI is InChI=1S/C7H14N2O2/c8-7(10)9-4-6-2-1-3-11-5-6/h6H,1-5H2,(H3,8,9,10). The summed E-state index contributed by atoms with van der Waals surface area (Å²) in [4.78, 5) is 10.3. The smallest absolute Gasteiger partial charge is 0.312 e. The molecule has 64 valence electrons. The average Bonchev–Trinajstić information content (AvgIpc) is 2.03. The molecule has 1 rings (SSSR count). The lowest BCUT2D eigenvalue weighted by molar-refractivity contribution is 0.0559. The molecule has 2 amide bonds. The van der Waals surface area contributed by atoms with Crippen LogP contribution in [0.25, 0.3) is 0 Å². The van der Waals surface area contributed by atoms with Crippen molar-refractivity contribution in [2.45, 2.75) is 12.8 Å². The van der Waals surface area contributed by atoms with E-state index in [0.717, 1.165) is 26.1 Å². The molecular formula is C7H14N2O2. The van der Waals surface area contributed by atoms with Crippen LogP contribution >= 0.6 is 0 Å². The van der Waals surface area contributed by atoms with Crippen LogP contribution in [0.4, 0.5) is 4.79 Å². The van der Waals surface area contributed by atoms with Gasteiger partial charge in [0.2, 0.25) is 0 Å². The van der Waals surface area contributed by atoms with E-state index in [0.29, 0.717) is 12.5 Å². The van der Waals surface area contributed by atoms with Crippen molar-refractivity contribution in [2.75, 3.05) is 19.8 Å². The van der Waals surface area contributed by atoms with E-state index in [1.165, 1.54) is 0 Å². The van der Waals surface area contributed by atoms with E-state index < -0.39 is 6.03 Å². The van der Waals surface area contributed by atoms with Gasteiger partial charge in [-0.2, -0.15) is 0 Å². The molecule has 1 saturated heterocycles. The number of ether oxygens (including phenoxy) is 1. The first kappa shape index (κ1) is 8.33. The summed E-state index contributed by atoms with van der Waals surface area (Å²) < 4.78 is 5.22. The Morgan fingerprint density at radius 1 is 1.73 bits per heavy atom. The van der Waals surface area contributed by atoms with Gasteiger partial charge in [-0.1, -0.05) is 0 Å². The van der Waals surface area contributed by atoms with Crippen LogP contribution in [0.15, 0.2) is 0 Å². The van der Waals surface area contributed by atoms with E-state index in [-0.39, 0.29) is 0 Å². The summed E-state index contributed by atoms with van der Waals surface area (Å²) in [6.07, 6.45) is 2.21. The van der Waals surface area contributed by atoms with Crippen LogP contribution in [0.2, 0.25) is 0 Å². The molecule has 1 aliphatic heterocycles. The first-order valence-corrected chi connectivity index (χ1v) is 3.90. The van der Waals surface area contributed by atoms with Crippen LogP contribution < -0.4 is 11.1 Å². The van der Waals surface area contributed by atoms with E-state index >= 15 is 0 Å². The molecule has 11 heavy (non-hydrogen) atoms. The molecule has 0 aliphatic carbocycles. The Kier molecular flexibility index (Phi) is 3.16. The highest BCUT2D eigenvalue weighted by Gasteiger charge is 2.13. The zero-order valence-corrected chi connectivity index (χ0v) is 6.51. The minimum absolute atomic E-state index is 0.449. The average molecular weight is 158 g/mol. The molecule has 1 aliphatic rings. The first-order valence-electron chi connectivity index (χ1n) is 3.90. The van der Waals surface area contributed by atoms with Gasteiger partial charge in [0, 0.05) is 13.2 Å². The Hall–Kier alpha value is -0.770. The second-order valence-electron chi connectivity index (χ2n) is 2.83. The third-order valence-corrected chi connectivity index (χ3v) is 1.82. The monoisotopic (exact) mass is 158 g/mol. The molecule has 0 bridgehead atoms. The third-order valence-electron chi connectivity index (χ3n) is 1.82. The van der Waals surface area contributed by atoms with Crippen LogP contribution in [-0.2, 0) is 4.74 Å². The van der Waals surface area contributed by atoms with Crippen LogP contribution in [0.3, 0.4) is 0 Å². The summed E-state index contributed by atoms with van der Waals surface area (Å²) in [5, 5.41) is 2.57. The van der Waals surface area contributed by atoms with Crippen molar-refractivity contribution in [3.05, 3.63) is 0 Å². The lowest BCUT2D eigenvalue weighted by Crippen LogP contribution is -2.36. The summed E-state index contributed by atoms with van der Waals surface area (Å²) in [6.45, 7) is 2.25. The molecule has 1 unspecified atom stereocenters. The maximum Gasteiger partial charge on any atom is 0.312 e. The van der Waals surface area contributed by atoms with Crippen molar-refractivity contribution < 1.29 is 9.53 Å². The Bertz CT molecular complexity index is 132. The number of carbonyl (C=O) groups is 1. The zero-order chi connectivity index (χ0) is 8.10. The minimum atomic E-state index is -0.449. The van der Waals surface area contributed by atoms with Crippen molar-refractivity contribution in [2.24, 2.45) is 11.7 Å². The molecule has 4 nitrogen and oxygen atoms in total. The molecule has 1 heterocycles. The van der Waals surface area contributed by atoms with E-state index in [1.807, 2.05) is 0 Å². The highest BCUT2D eigenvalue weighted by molar-refractivity contribution is 5.71. The van der Waals surface area contributed by atoms with Gasteiger partial charge in [-0.05, 0) is 18.8 Å². The van der Waals surface area contributed by atoms with Gasteiger partial charge in [-0.3, -0.25) is 0 Å². The maximum atomic E-state index is 10.3. The van der Waals surface area contributed by atoms with E-state index in [4.69, 9.17) is 10.5 Å². The van der Waals surface area contributed by atoms with E-state index in [2.05, 4.69) is 5.32 Å². The van der Waals surface area contributed by atoms with E-state index in [1.54, 1.807) is 0 Å². The molecule has 0 radical (unpaired) electrons. The number of primary amides is 1. The van der Waals surface area contributed by atoms with Crippen molar-refractivity contribution in [3.63, 3.8) is 0 Å². The van der Waals surface area contributed by atoms with Gasteiger partial charge in [0.1, 0.15) is 0 Å². The quantitative estimate of drug-likeness (QED) is 0.597. The third kappa shape index (κ3) is 3.23. The van der Waals surface area contributed by atoms with Gasteiger partial charge in [-0.15, -0.1) is 0 Å². The summed E-state index contributed by atoms with van der Waals surface area (Å²) in [6, 6.07) is -0.449.